The lowest BCUT2D eigenvalue weighted by Gasteiger charge is -2.12. The SMILES string of the molecule is COc1cc(NC(=O)c2ccc(-c3ccc(Br)cc3)o2)ccc1NC(=O)c1cccs1. The van der Waals surface area contributed by atoms with E-state index in [0.717, 1.165) is 10.0 Å². The van der Waals surface area contributed by atoms with Crippen molar-refractivity contribution in [1.29, 1.82) is 0 Å². The number of methoxy groups -OCH3 is 1. The first kappa shape index (κ1) is 20.9. The van der Waals surface area contributed by atoms with Gasteiger partial charge in [-0.05, 0) is 47.8 Å². The Morgan fingerprint density at radius 1 is 0.968 bits per heavy atom. The minimum absolute atomic E-state index is 0.187. The molecule has 2 heterocycles. The summed E-state index contributed by atoms with van der Waals surface area (Å²) in [5, 5.41) is 7.43. The maximum atomic E-state index is 12.6. The van der Waals surface area contributed by atoms with Crippen molar-refractivity contribution in [3.63, 3.8) is 0 Å². The molecule has 6 nitrogen and oxygen atoms in total. The highest BCUT2D eigenvalue weighted by molar-refractivity contribution is 9.10. The fourth-order valence-corrected chi connectivity index (χ4v) is 3.77. The smallest absolute Gasteiger partial charge is 0.291 e. The lowest BCUT2D eigenvalue weighted by Crippen LogP contribution is -2.13. The number of nitrogens with one attached hydrogen (secondary N) is 2. The van der Waals surface area contributed by atoms with Crippen molar-refractivity contribution in [2.45, 2.75) is 0 Å². The van der Waals surface area contributed by atoms with Crippen molar-refractivity contribution < 1.29 is 18.7 Å². The Balaban J connectivity index is 1.47. The van der Waals surface area contributed by atoms with Gasteiger partial charge < -0.3 is 19.8 Å². The van der Waals surface area contributed by atoms with Gasteiger partial charge in [0.05, 0.1) is 17.7 Å². The van der Waals surface area contributed by atoms with E-state index in [2.05, 4.69) is 26.6 Å². The van der Waals surface area contributed by atoms with E-state index in [9.17, 15) is 9.59 Å². The summed E-state index contributed by atoms with van der Waals surface area (Å²) >= 11 is 4.75. The molecule has 31 heavy (non-hydrogen) atoms. The van der Waals surface area contributed by atoms with Crippen molar-refractivity contribution in [1.82, 2.24) is 0 Å². The van der Waals surface area contributed by atoms with Crippen LogP contribution >= 0.6 is 27.3 Å². The number of furan rings is 1. The normalized spacial score (nSPS) is 10.5. The zero-order chi connectivity index (χ0) is 21.8. The summed E-state index contributed by atoms with van der Waals surface area (Å²) in [4.78, 5) is 25.5. The molecule has 0 saturated carbocycles. The van der Waals surface area contributed by atoms with Gasteiger partial charge in [0.2, 0.25) is 0 Å². The zero-order valence-corrected chi connectivity index (χ0v) is 18.7. The van der Waals surface area contributed by atoms with Crippen molar-refractivity contribution in [3.8, 4) is 17.1 Å². The number of amides is 2. The standard InChI is InChI=1S/C23H17BrN2O4S/c1-29-20-13-16(8-9-17(20)26-23(28)21-3-2-12-31-21)25-22(27)19-11-10-18(30-19)14-4-6-15(24)7-5-14/h2-13H,1H3,(H,25,27)(H,26,28). The second-order valence-corrected chi connectivity index (χ2v) is 8.33. The van der Waals surface area contributed by atoms with Gasteiger partial charge in [0.15, 0.2) is 5.76 Å². The van der Waals surface area contributed by atoms with Gasteiger partial charge in [0.25, 0.3) is 11.8 Å². The average molecular weight is 497 g/mol. The van der Waals surface area contributed by atoms with Crippen LogP contribution in [0.5, 0.6) is 5.75 Å². The van der Waals surface area contributed by atoms with E-state index in [1.807, 2.05) is 35.7 Å². The fourth-order valence-electron chi connectivity index (χ4n) is 2.89. The maximum Gasteiger partial charge on any atom is 0.291 e. The number of carbonyl (C=O) groups excluding carboxylic acids is 2. The molecule has 0 aliphatic carbocycles. The third-order valence-electron chi connectivity index (χ3n) is 4.41. The molecule has 2 amide bonds. The van der Waals surface area contributed by atoms with Crippen LogP contribution in [-0.4, -0.2) is 18.9 Å². The maximum absolute atomic E-state index is 12.6. The quantitative estimate of drug-likeness (QED) is 0.329. The average Bonchev–Trinajstić information content (AvgIpc) is 3.48. The first-order valence-electron chi connectivity index (χ1n) is 9.23. The molecule has 0 aliphatic rings. The molecule has 156 valence electrons. The van der Waals surface area contributed by atoms with Crippen LogP contribution in [-0.2, 0) is 0 Å². The van der Waals surface area contributed by atoms with Crippen molar-refractivity contribution in [2.75, 3.05) is 17.7 Å². The topological polar surface area (TPSA) is 80.6 Å². The van der Waals surface area contributed by atoms with Gasteiger partial charge in [-0.1, -0.05) is 34.1 Å². The highest BCUT2D eigenvalue weighted by Crippen LogP contribution is 2.30. The third-order valence-corrected chi connectivity index (χ3v) is 5.81. The van der Waals surface area contributed by atoms with Crippen LogP contribution in [0.25, 0.3) is 11.3 Å². The van der Waals surface area contributed by atoms with Gasteiger partial charge in [-0.3, -0.25) is 9.59 Å². The number of ether oxygens (including phenoxy) is 1. The number of rotatable bonds is 6. The molecule has 0 aliphatic heterocycles. The summed E-state index contributed by atoms with van der Waals surface area (Å²) < 4.78 is 12.0. The van der Waals surface area contributed by atoms with Crippen LogP contribution in [0.4, 0.5) is 11.4 Å². The first-order valence-corrected chi connectivity index (χ1v) is 10.9. The number of anilines is 2. The monoisotopic (exact) mass is 496 g/mol. The van der Waals surface area contributed by atoms with Crippen molar-refractivity contribution >= 4 is 50.5 Å². The van der Waals surface area contributed by atoms with Crippen LogP contribution in [0.1, 0.15) is 20.2 Å². The minimum atomic E-state index is -0.388. The molecule has 8 heteroatoms. The predicted molar refractivity (Wildman–Crippen MR) is 125 cm³/mol. The molecule has 0 bridgehead atoms. The van der Waals surface area contributed by atoms with E-state index in [1.54, 1.807) is 36.4 Å². The number of thiophene rings is 1. The molecule has 4 rings (SSSR count). The Bertz CT molecular complexity index is 1220. The third kappa shape index (κ3) is 4.87. The Hall–Kier alpha value is -3.36. The van der Waals surface area contributed by atoms with Gasteiger partial charge in [-0.25, -0.2) is 0 Å². The zero-order valence-electron chi connectivity index (χ0n) is 16.3. The summed E-state index contributed by atoms with van der Waals surface area (Å²) in [5.74, 6) is 0.605. The van der Waals surface area contributed by atoms with E-state index >= 15 is 0 Å². The Kier molecular flexibility index (Phi) is 6.20. The Labute approximate surface area is 191 Å². The molecular weight excluding hydrogens is 480 g/mol. The Morgan fingerprint density at radius 2 is 1.77 bits per heavy atom. The van der Waals surface area contributed by atoms with Gasteiger partial charge in [0.1, 0.15) is 11.5 Å². The molecular formula is C23H17BrN2O4S. The van der Waals surface area contributed by atoms with Crippen molar-refractivity contribution in [2.24, 2.45) is 0 Å². The predicted octanol–water partition coefficient (Wildman–Crippen LogP) is 6.28. The lowest BCUT2D eigenvalue weighted by atomic mass is 10.2. The van der Waals surface area contributed by atoms with Crippen LogP contribution in [0.2, 0.25) is 0 Å². The lowest BCUT2D eigenvalue weighted by molar-refractivity contribution is 0.0995. The van der Waals surface area contributed by atoms with Crippen LogP contribution in [0, 0.1) is 0 Å². The van der Waals surface area contributed by atoms with E-state index < -0.39 is 0 Å². The minimum Gasteiger partial charge on any atom is -0.494 e. The molecule has 0 atom stereocenters. The van der Waals surface area contributed by atoms with E-state index in [0.29, 0.717) is 27.8 Å². The van der Waals surface area contributed by atoms with Crippen LogP contribution in [0.3, 0.4) is 0 Å². The van der Waals surface area contributed by atoms with E-state index in [-0.39, 0.29) is 17.6 Å². The molecule has 2 aromatic heterocycles. The van der Waals surface area contributed by atoms with Crippen LogP contribution in [0.15, 0.2) is 81.0 Å². The van der Waals surface area contributed by atoms with E-state index in [4.69, 9.17) is 9.15 Å². The highest BCUT2D eigenvalue weighted by Gasteiger charge is 2.15. The summed E-state index contributed by atoms with van der Waals surface area (Å²) in [6.45, 7) is 0. The molecule has 2 N–H and O–H groups in total. The number of hydrogen-bond acceptors (Lipinski definition) is 5. The molecule has 0 unspecified atom stereocenters. The first-order chi connectivity index (χ1) is 15.0. The fraction of sp³-hybridized carbons (Fsp3) is 0.0435. The summed E-state index contributed by atoms with van der Waals surface area (Å²) in [5.41, 5.74) is 1.89. The number of benzene rings is 2. The van der Waals surface area contributed by atoms with Crippen LogP contribution < -0.4 is 15.4 Å². The molecule has 2 aromatic carbocycles. The summed E-state index contributed by atoms with van der Waals surface area (Å²) in [7, 11) is 1.50. The molecule has 0 spiro atoms. The largest absolute Gasteiger partial charge is 0.494 e. The molecule has 0 fully saturated rings. The summed E-state index contributed by atoms with van der Waals surface area (Å²) in [6.07, 6.45) is 0. The number of halogens is 1. The second kappa shape index (κ2) is 9.20. The van der Waals surface area contributed by atoms with Crippen molar-refractivity contribution in [3.05, 3.63) is 87.2 Å². The van der Waals surface area contributed by atoms with Gasteiger partial charge in [-0.2, -0.15) is 0 Å². The van der Waals surface area contributed by atoms with Gasteiger partial charge in [-0.15, -0.1) is 11.3 Å². The number of carbonyl (C=O) groups is 2. The van der Waals surface area contributed by atoms with Gasteiger partial charge in [0, 0.05) is 21.8 Å². The second-order valence-electron chi connectivity index (χ2n) is 6.47. The molecule has 4 aromatic rings. The Morgan fingerprint density at radius 3 is 2.48 bits per heavy atom. The number of hydrogen-bond donors (Lipinski definition) is 2. The molecule has 0 radical (unpaired) electrons. The highest BCUT2D eigenvalue weighted by atomic mass is 79.9. The summed E-state index contributed by atoms with van der Waals surface area (Å²) in [6, 6.07) is 19.5. The van der Waals surface area contributed by atoms with Gasteiger partial charge >= 0.3 is 0 Å². The van der Waals surface area contributed by atoms with E-state index in [1.165, 1.54) is 18.4 Å². The molecule has 0 saturated heterocycles.